The van der Waals surface area contributed by atoms with E-state index in [1.54, 1.807) is 0 Å². The van der Waals surface area contributed by atoms with Crippen molar-refractivity contribution in [3.8, 4) is 5.75 Å². The number of ether oxygens (including phenoxy) is 1. The van der Waals surface area contributed by atoms with E-state index >= 15 is 0 Å². The third-order valence-corrected chi connectivity index (χ3v) is 4.63. The molecule has 0 amide bonds. The van der Waals surface area contributed by atoms with Gasteiger partial charge in [0.25, 0.3) is 0 Å². The molecule has 0 spiro atoms. The standard InChI is InChI=1S/C17H28OSi/c1-2-3-4-5-6-10-15-19-16-11-14-18-17-12-8-7-9-13-17/h7-9,12-13H,2-6,10-11,14-16H2,1H3. The largest absolute Gasteiger partial charge is 0.494 e. The summed E-state index contributed by atoms with van der Waals surface area (Å²) in [5.74, 6) is 1.00. The van der Waals surface area contributed by atoms with Crippen LogP contribution in [0.1, 0.15) is 51.9 Å². The topological polar surface area (TPSA) is 9.23 Å². The lowest BCUT2D eigenvalue weighted by Gasteiger charge is -2.05. The van der Waals surface area contributed by atoms with E-state index in [0.717, 1.165) is 21.9 Å². The lowest BCUT2D eigenvalue weighted by molar-refractivity contribution is 0.317. The van der Waals surface area contributed by atoms with Gasteiger partial charge in [-0.05, 0) is 18.6 Å². The summed E-state index contributed by atoms with van der Waals surface area (Å²) in [6.45, 7) is 3.15. The first-order chi connectivity index (χ1) is 9.43. The predicted octanol–water partition coefficient (Wildman–Crippen LogP) is 5.36. The van der Waals surface area contributed by atoms with Gasteiger partial charge in [0.1, 0.15) is 5.75 Å². The van der Waals surface area contributed by atoms with Crippen LogP contribution in [0, 0.1) is 0 Å². The van der Waals surface area contributed by atoms with Gasteiger partial charge in [0, 0.05) is 9.52 Å². The molecule has 0 N–H and O–H groups in total. The van der Waals surface area contributed by atoms with Crippen LogP contribution in [0.2, 0.25) is 12.1 Å². The highest BCUT2D eigenvalue weighted by molar-refractivity contribution is 6.35. The first kappa shape index (κ1) is 16.3. The molecule has 0 aliphatic carbocycles. The number of hydrogen-bond donors (Lipinski definition) is 0. The van der Waals surface area contributed by atoms with Crippen molar-refractivity contribution in [1.29, 1.82) is 0 Å². The van der Waals surface area contributed by atoms with Crippen molar-refractivity contribution in [3.63, 3.8) is 0 Å². The molecule has 1 aromatic carbocycles. The molecule has 0 aromatic heterocycles. The Bertz CT molecular complexity index is 287. The maximum Gasteiger partial charge on any atom is 0.119 e. The highest BCUT2D eigenvalue weighted by atomic mass is 28.2. The first-order valence-electron chi connectivity index (χ1n) is 7.82. The second-order valence-corrected chi connectivity index (χ2v) is 6.53. The van der Waals surface area contributed by atoms with Crippen LogP contribution in [0.5, 0.6) is 5.75 Å². The van der Waals surface area contributed by atoms with Crippen molar-refractivity contribution < 1.29 is 4.74 Å². The third-order valence-electron chi connectivity index (χ3n) is 3.22. The van der Waals surface area contributed by atoms with Crippen molar-refractivity contribution in [2.45, 2.75) is 64.0 Å². The Morgan fingerprint density at radius 2 is 1.53 bits per heavy atom. The van der Waals surface area contributed by atoms with E-state index in [0.29, 0.717) is 0 Å². The second-order valence-electron chi connectivity index (χ2n) is 5.03. The van der Waals surface area contributed by atoms with Crippen molar-refractivity contribution in [3.05, 3.63) is 30.3 Å². The van der Waals surface area contributed by atoms with Crippen LogP contribution in [0.4, 0.5) is 0 Å². The summed E-state index contributed by atoms with van der Waals surface area (Å²) >= 11 is 0. The summed E-state index contributed by atoms with van der Waals surface area (Å²) in [6.07, 6.45) is 9.71. The molecule has 0 bridgehead atoms. The molecule has 2 heteroatoms. The molecule has 0 unspecified atom stereocenters. The van der Waals surface area contributed by atoms with Crippen LogP contribution in [0.15, 0.2) is 30.3 Å². The zero-order valence-corrected chi connectivity index (χ0v) is 13.4. The van der Waals surface area contributed by atoms with Crippen LogP contribution in [0.3, 0.4) is 0 Å². The summed E-state index contributed by atoms with van der Waals surface area (Å²) in [4.78, 5) is 0. The SMILES string of the molecule is CCCCCCCC[Si]CCCOc1ccccc1. The van der Waals surface area contributed by atoms with Gasteiger partial charge in [-0.2, -0.15) is 0 Å². The number of hydrogen-bond acceptors (Lipinski definition) is 1. The molecule has 19 heavy (non-hydrogen) atoms. The molecule has 0 atom stereocenters. The fourth-order valence-corrected chi connectivity index (χ4v) is 3.20. The van der Waals surface area contributed by atoms with Gasteiger partial charge in [0.05, 0.1) is 6.61 Å². The zero-order valence-electron chi connectivity index (χ0n) is 12.4. The van der Waals surface area contributed by atoms with E-state index in [-0.39, 0.29) is 0 Å². The average Bonchev–Trinajstić information content (AvgIpc) is 2.46. The fourth-order valence-electron chi connectivity index (χ4n) is 2.06. The number of rotatable bonds is 12. The maximum absolute atomic E-state index is 5.68. The molecule has 0 saturated heterocycles. The Morgan fingerprint density at radius 1 is 0.842 bits per heavy atom. The van der Waals surface area contributed by atoms with Gasteiger partial charge in [0.15, 0.2) is 0 Å². The Balaban J connectivity index is 1.79. The third kappa shape index (κ3) is 9.77. The molecule has 1 nitrogen and oxygen atoms in total. The summed E-state index contributed by atoms with van der Waals surface area (Å²) in [5, 5.41) is 0. The molecule has 106 valence electrons. The molecular weight excluding hydrogens is 248 g/mol. The minimum Gasteiger partial charge on any atom is -0.494 e. The van der Waals surface area contributed by atoms with Gasteiger partial charge >= 0.3 is 0 Å². The smallest absolute Gasteiger partial charge is 0.119 e. The molecule has 0 saturated carbocycles. The van der Waals surface area contributed by atoms with Gasteiger partial charge in [-0.1, -0.05) is 75.7 Å². The fraction of sp³-hybridized carbons (Fsp3) is 0.647. The van der Waals surface area contributed by atoms with Gasteiger partial charge in [0.2, 0.25) is 0 Å². The number of benzene rings is 1. The summed E-state index contributed by atoms with van der Waals surface area (Å²) in [5.41, 5.74) is 0. The van der Waals surface area contributed by atoms with Gasteiger partial charge < -0.3 is 4.74 Å². The van der Waals surface area contributed by atoms with Crippen LogP contribution in [-0.2, 0) is 0 Å². The van der Waals surface area contributed by atoms with E-state index in [2.05, 4.69) is 6.92 Å². The molecule has 1 aromatic rings. The molecular formula is C17H28OSi. The molecule has 1 rings (SSSR count). The zero-order chi connectivity index (χ0) is 13.6. The first-order valence-corrected chi connectivity index (χ1v) is 9.23. The monoisotopic (exact) mass is 276 g/mol. The number of para-hydroxylation sites is 1. The van der Waals surface area contributed by atoms with Crippen molar-refractivity contribution >= 4 is 9.52 Å². The van der Waals surface area contributed by atoms with Gasteiger partial charge in [-0.3, -0.25) is 0 Å². The number of unbranched alkanes of at least 4 members (excludes halogenated alkanes) is 5. The van der Waals surface area contributed by atoms with E-state index < -0.39 is 0 Å². The van der Waals surface area contributed by atoms with Crippen molar-refractivity contribution in [2.24, 2.45) is 0 Å². The van der Waals surface area contributed by atoms with E-state index in [1.165, 1.54) is 57.0 Å². The van der Waals surface area contributed by atoms with Crippen LogP contribution in [0.25, 0.3) is 0 Å². The normalized spacial score (nSPS) is 10.6. The lowest BCUT2D eigenvalue weighted by Crippen LogP contribution is -1.99. The molecule has 0 aliphatic rings. The van der Waals surface area contributed by atoms with Crippen LogP contribution < -0.4 is 4.74 Å². The quantitative estimate of drug-likeness (QED) is 0.369. The van der Waals surface area contributed by atoms with E-state index in [1.807, 2.05) is 30.3 Å². The minimum absolute atomic E-state index is 0.869. The lowest BCUT2D eigenvalue weighted by atomic mass is 10.1. The summed E-state index contributed by atoms with van der Waals surface area (Å²) in [6, 6.07) is 12.9. The highest BCUT2D eigenvalue weighted by Gasteiger charge is 1.95. The van der Waals surface area contributed by atoms with Crippen LogP contribution in [-0.4, -0.2) is 16.1 Å². The van der Waals surface area contributed by atoms with Gasteiger partial charge in [-0.25, -0.2) is 0 Å². The Hall–Kier alpha value is -0.763. The van der Waals surface area contributed by atoms with E-state index in [9.17, 15) is 0 Å². The molecule has 2 radical (unpaired) electrons. The summed E-state index contributed by atoms with van der Waals surface area (Å²) < 4.78 is 5.68. The summed E-state index contributed by atoms with van der Waals surface area (Å²) in [7, 11) is 1.13. The van der Waals surface area contributed by atoms with Crippen molar-refractivity contribution in [1.82, 2.24) is 0 Å². The Kier molecular flexibility index (Phi) is 10.5. The minimum atomic E-state index is 0.869. The Morgan fingerprint density at radius 3 is 2.32 bits per heavy atom. The molecule has 0 aliphatic heterocycles. The Labute approximate surface area is 121 Å². The molecule has 0 heterocycles. The van der Waals surface area contributed by atoms with Crippen molar-refractivity contribution in [2.75, 3.05) is 6.61 Å². The van der Waals surface area contributed by atoms with Gasteiger partial charge in [-0.15, -0.1) is 0 Å². The molecule has 0 fully saturated rings. The predicted molar refractivity (Wildman–Crippen MR) is 85.3 cm³/mol. The maximum atomic E-state index is 5.68. The average molecular weight is 276 g/mol. The van der Waals surface area contributed by atoms with E-state index in [4.69, 9.17) is 4.74 Å². The van der Waals surface area contributed by atoms with Crippen LogP contribution >= 0.6 is 0 Å². The second kappa shape index (κ2) is 12.3. The highest BCUT2D eigenvalue weighted by Crippen LogP contribution is 2.10.